The van der Waals surface area contributed by atoms with E-state index in [0.29, 0.717) is 31.7 Å². The molecule has 0 saturated heterocycles. The Morgan fingerprint density at radius 2 is 1.94 bits per heavy atom. The predicted octanol–water partition coefficient (Wildman–Crippen LogP) is 4.46. The van der Waals surface area contributed by atoms with Gasteiger partial charge in [-0.3, -0.25) is 0 Å². The lowest BCUT2D eigenvalue weighted by Crippen LogP contribution is -1.91. The van der Waals surface area contributed by atoms with E-state index < -0.39 is 0 Å². The van der Waals surface area contributed by atoms with Gasteiger partial charge in [0.2, 0.25) is 0 Å². The number of nitriles is 1. The highest BCUT2D eigenvalue weighted by Gasteiger charge is 2.07. The summed E-state index contributed by atoms with van der Waals surface area (Å²) >= 11 is 6.68. The Morgan fingerprint density at radius 3 is 2.61 bits per heavy atom. The van der Waals surface area contributed by atoms with E-state index in [-0.39, 0.29) is 0 Å². The van der Waals surface area contributed by atoms with Crippen LogP contribution in [0.1, 0.15) is 5.56 Å². The van der Waals surface area contributed by atoms with E-state index in [4.69, 9.17) is 15.7 Å². The minimum Gasteiger partial charge on any atom is -0.456 e. The van der Waals surface area contributed by atoms with Gasteiger partial charge in [0.25, 0.3) is 0 Å². The lowest BCUT2D eigenvalue weighted by atomic mass is 10.2. The third-order valence-corrected chi connectivity index (χ3v) is 3.79. The van der Waals surface area contributed by atoms with E-state index in [1.807, 2.05) is 12.1 Å². The average molecular weight is 368 g/mol. The number of anilines is 1. The molecule has 0 heterocycles. The second-order valence-electron chi connectivity index (χ2n) is 3.51. The summed E-state index contributed by atoms with van der Waals surface area (Å²) in [5, 5.41) is 8.83. The molecule has 2 aromatic rings. The van der Waals surface area contributed by atoms with Gasteiger partial charge >= 0.3 is 0 Å². The summed E-state index contributed by atoms with van der Waals surface area (Å²) < 4.78 is 7.11. The highest BCUT2D eigenvalue weighted by molar-refractivity contribution is 9.11. The van der Waals surface area contributed by atoms with Gasteiger partial charge in [0, 0.05) is 10.2 Å². The molecule has 0 spiro atoms. The second-order valence-corrected chi connectivity index (χ2v) is 5.16. The second kappa shape index (κ2) is 5.42. The van der Waals surface area contributed by atoms with Crippen LogP contribution in [0.25, 0.3) is 0 Å². The van der Waals surface area contributed by atoms with Crippen LogP contribution < -0.4 is 10.5 Å². The van der Waals surface area contributed by atoms with Crippen molar-refractivity contribution in [1.29, 1.82) is 5.26 Å². The van der Waals surface area contributed by atoms with Crippen LogP contribution in [0.2, 0.25) is 0 Å². The molecule has 0 bridgehead atoms. The molecule has 0 amide bonds. The van der Waals surface area contributed by atoms with Crippen LogP contribution in [-0.4, -0.2) is 0 Å². The van der Waals surface area contributed by atoms with Gasteiger partial charge in [0.1, 0.15) is 17.6 Å². The number of benzene rings is 2. The lowest BCUT2D eigenvalue weighted by molar-refractivity contribution is 0.479. The molecular weight excluding hydrogens is 360 g/mol. The van der Waals surface area contributed by atoms with Crippen molar-refractivity contribution < 1.29 is 4.74 Å². The molecular formula is C13H8Br2N2O. The summed E-state index contributed by atoms with van der Waals surface area (Å²) in [4.78, 5) is 0. The van der Waals surface area contributed by atoms with Crippen molar-refractivity contribution in [3.63, 3.8) is 0 Å². The number of nitrogens with two attached hydrogens (primary N) is 1. The third-order valence-electron chi connectivity index (χ3n) is 2.28. The first-order valence-corrected chi connectivity index (χ1v) is 6.62. The molecule has 2 rings (SSSR count). The molecule has 0 aromatic heterocycles. The minimum absolute atomic E-state index is 0.564. The molecule has 0 aliphatic rings. The molecule has 0 saturated carbocycles. The van der Waals surface area contributed by atoms with Crippen LogP contribution in [0.5, 0.6) is 11.5 Å². The molecule has 18 heavy (non-hydrogen) atoms. The summed E-state index contributed by atoms with van der Waals surface area (Å²) in [5.74, 6) is 1.26. The van der Waals surface area contributed by atoms with Gasteiger partial charge in [0.15, 0.2) is 0 Å². The molecule has 3 nitrogen and oxygen atoms in total. The van der Waals surface area contributed by atoms with Crippen LogP contribution in [0, 0.1) is 11.3 Å². The third kappa shape index (κ3) is 2.66. The minimum atomic E-state index is 0.564. The number of ether oxygens (including phenoxy) is 1. The fraction of sp³-hybridized carbons (Fsp3) is 0. The highest BCUT2D eigenvalue weighted by Crippen LogP contribution is 2.34. The zero-order valence-corrected chi connectivity index (χ0v) is 12.3. The highest BCUT2D eigenvalue weighted by atomic mass is 79.9. The fourth-order valence-corrected chi connectivity index (χ4v) is 2.18. The Morgan fingerprint density at radius 1 is 1.17 bits per heavy atom. The average Bonchev–Trinajstić information content (AvgIpc) is 2.35. The number of halogens is 2. The number of nitrogen functional groups attached to an aromatic ring is 1. The van der Waals surface area contributed by atoms with Crippen molar-refractivity contribution in [2.45, 2.75) is 0 Å². The first kappa shape index (κ1) is 12.9. The van der Waals surface area contributed by atoms with E-state index in [2.05, 4.69) is 37.9 Å². The normalized spacial score (nSPS) is 9.83. The number of hydrogen-bond donors (Lipinski definition) is 1. The van der Waals surface area contributed by atoms with Crippen LogP contribution >= 0.6 is 31.9 Å². The van der Waals surface area contributed by atoms with E-state index in [0.717, 1.165) is 0 Å². The summed E-state index contributed by atoms with van der Waals surface area (Å²) in [6.45, 7) is 0. The molecule has 0 radical (unpaired) electrons. The maximum absolute atomic E-state index is 8.83. The van der Waals surface area contributed by atoms with Gasteiger partial charge in [0.05, 0.1) is 10.0 Å². The van der Waals surface area contributed by atoms with E-state index in [1.54, 1.807) is 24.3 Å². The van der Waals surface area contributed by atoms with E-state index in [1.165, 1.54) is 0 Å². The number of hydrogen-bond acceptors (Lipinski definition) is 3. The first-order valence-electron chi connectivity index (χ1n) is 5.03. The first-order chi connectivity index (χ1) is 8.61. The molecule has 90 valence electrons. The van der Waals surface area contributed by atoms with Gasteiger partial charge in [-0.25, -0.2) is 0 Å². The van der Waals surface area contributed by atoms with Gasteiger partial charge < -0.3 is 10.5 Å². The largest absolute Gasteiger partial charge is 0.456 e. The molecule has 0 fully saturated rings. The van der Waals surface area contributed by atoms with Crippen LogP contribution in [0.4, 0.5) is 5.69 Å². The molecule has 2 aromatic carbocycles. The molecule has 5 heteroatoms. The van der Waals surface area contributed by atoms with E-state index >= 15 is 0 Å². The Labute approximate surface area is 121 Å². The molecule has 2 N–H and O–H groups in total. The fourth-order valence-electron chi connectivity index (χ4n) is 1.38. The topological polar surface area (TPSA) is 59.0 Å². The maximum Gasteiger partial charge on any atom is 0.143 e. The summed E-state index contributed by atoms with van der Waals surface area (Å²) in [6, 6.07) is 12.7. The molecule has 0 aliphatic heterocycles. The van der Waals surface area contributed by atoms with E-state index in [9.17, 15) is 0 Å². The van der Waals surface area contributed by atoms with Gasteiger partial charge in [-0.05, 0) is 62.2 Å². The zero-order valence-electron chi connectivity index (χ0n) is 9.15. The summed E-state index contributed by atoms with van der Waals surface area (Å²) in [6.07, 6.45) is 0. The van der Waals surface area contributed by atoms with Crippen molar-refractivity contribution in [3.8, 4) is 17.6 Å². The summed E-state index contributed by atoms with van der Waals surface area (Å²) in [7, 11) is 0. The van der Waals surface area contributed by atoms with Crippen LogP contribution in [-0.2, 0) is 0 Å². The smallest absolute Gasteiger partial charge is 0.143 e. The lowest BCUT2D eigenvalue weighted by Gasteiger charge is -2.09. The zero-order chi connectivity index (χ0) is 13.1. The van der Waals surface area contributed by atoms with Crippen LogP contribution in [0.15, 0.2) is 45.3 Å². The molecule has 0 atom stereocenters. The van der Waals surface area contributed by atoms with Crippen molar-refractivity contribution in [3.05, 3.63) is 50.9 Å². The standard InChI is InChI=1S/C13H8Br2N2O/c14-10-6-9(5-4-8(10)7-16)18-12-3-1-2-11(17)13(12)15/h1-6H,17H2. The predicted molar refractivity (Wildman–Crippen MR) is 77.5 cm³/mol. The molecule has 0 aliphatic carbocycles. The SMILES string of the molecule is N#Cc1ccc(Oc2cccc(N)c2Br)cc1Br. The Bertz CT molecular complexity index is 635. The van der Waals surface area contributed by atoms with Crippen molar-refractivity contribution in [1.82, 2.24) is 0 Å². The quantitative estimate of drug-likeness (QED) is 0.797. The Kier molecular flexibility index (Phi) is 3.90. The molecule has 0 unspecified atom stereocenters. The van der Waals surface area contributed by atoms with Crippen LogP contribution in [0.3, 0.4) is 0 Å². The number of nitrogens with zero attached hydrogens (tertiary/aromatic N) is 1. The van der Waals surface area contributed by atoms with Gasteiger partial charge in [-0.1, -0.05) is 6.07 Å². The Balaban J connectivity index is 2.32. The summed E-state index contributed by atoms with van der Waals surface area (Å²) in [5.41, 5.74) is 6.95. The number of rotatable bonds is 2. The Hall–Kier alpha value is -1.51. The maximum atomic E-state index is 8.83. The van der Waals surface area contributed by atoms with Crippen molar-refractivity contribution >= 4 is 37.5 Å². The monoisotopic (exact) mass is 366 g/mol. The van der Waals surface area contributed by atoms with Crippen molar-refractivity contribution in [2.24, 2.45) is 0 Å². The van der Waals surface area contributed by atoms with Gasteiger partial charge in [-0.15, -0.1) is 0 Å². The van der Waals surface area contributed by atoms with Gasteiger partial charge in [-0.2, -0.15) is 5.26 Å². The van der Waals surface area contributed by atoms with Crippen molar-refractivity contribution in [2.75, 3.05) is 5.73 Å².